The summed E-state index contributed by atoms with van der Waals surface area (Å²) in [7, 11) is 0. The van der Waals surface area contributed by atoms with Crippen LogP contribution in [0.5, 0.6) is 5.75 Å². The van der Waals surface area contributed by atoms with Crippen LogP contribution in [0.25, 0.3) is 0 Å². The average molecular weight is 289 g/mol. The van der Waals surface area contributed by atoms with Crippen molar-refractivity contribution >= 4 is 18.3 Å². The number of ether oxygens (including phenoxy) is 1. The molecule has 0 aliphatic carbocycles. The quantitative estimate of drug-likeness (QED) is 0.501. The Kier molecular flexibility index (Phi) is 5.01. The Bertz CT molecular complexity index is 557. The molecular formula is C15H15NO3S. The number of hydrogen-bond donors (Lipinski definition) is 1. The van der Waals surface area contributed by atoms with Gasteiger partial charge in [0.25, 0.3) is 5.69 Å². The second-order valence-electron chi connectivity index (χ2n) is 4.35. The number of non-ortho nitro benzene ring substituents is 1. The Morgan fingerprint density at radius 2 is 1.75 bits per heavy atom. The Morgan fingerprint density at radius 1 is 1.10 bits per heavy atom. The zero-order valence-corrected chi connectivity index (χ0v) is 11.7. The maximum Gasteiger partial charge on any atom is 0.269 e. The van der Waals surface area contributed by atoms with Crippen LogP contribution in [0.4, 0.5) is 5.69 Å². The van der Waals surface area contributed by atoms with Crippen LogP contribution in [0.15, 0.2) is 54.6 Å². The molecule has 1 unspecified atom stereocenters. The fourth-order valence-corrected chi connectivity index (χ4v) is 2.16. The van der Waals surface area contributed by atoms with Gasteiger partial charge in [-0.3, -0.25) is 10.1 Å². The molecule has 5 heteroatoms. The van der Waals surface area contributed by atoms with Crippen LogP contribution in [0.2, 0.25) is 0 Å². The number of nitro groups is 1. The largest absolute Gasteiger partial charge is 0.493 e. The number of benzene rings is 2. The molecule has 2 aromatic carbocycles. The third kappa shape index (κ3) is 3.74. The van der Waals surface area contributed by atoms with E-state index in [1.54, 1.807) is 12.1 Å². The molecule has 0 N–H and O–H groups in total. The summed E-state index contributed by atoms with van der Waals surface area (Å²) >= 11 is 4.35. The summed E-state index contributed by atoms with van der Waals surface area (Å²) in [6.45, 7) is 0.491. The van der Waals surface area contributed by atoms with Crippen molar-refractivity contribution in [1.29, 1.82) is 0 Å². The topological polar surface area (TPSA) is 52.4 Å². The lowest BCUT2D eigenvalue weighted by Crippen LogP contribution is -2.11. The number of nitro benzene ring substituents is 1. The minimum Gasteiger partial charge on any atom is -0.493 e. The summed E-state index contributed by atoms with van der Waals surface area (Å²) in [5.41, 5.74) is 1.23. The first kappa shape index (κ1) is 14.4. The monoisotopic (exact) mass is 289 g/mol. The summed E-state index contributed by atoms with van der Waals surface area (Å²) in [5, 5.41) is 10.6. The highest BCUT2D eigenvalue weighted by molar-refractivity contribution is 7.80. The zero-order chi connectivity index (χ0) is 14.4. The van der Waals surface area contributed by atoms with Gasteiger partial charge in [-0.2, -0.15) is 12.6 Å². The van der Waals surface area contributed by atoms with Gasteiger partial charge in [0, 0.05) is 23.8 Å². The predicted molar refractivity (Wildman–Crippen MR) is 81.6 cm³/mol. The first-order valence-corrected chi connectivity index (χ1v) is 6.87. The zero-order valence-electron chi connectivity index (χ0n) is 10.8. The lowest BCUT2D eigenvalue weighted by molar-refractivity contribution is -0.384. The minimum absolute atomic E-state index is 0.0613. The molecular weight excluding hydrogens is 274 g/mol. The molecule has 0 saturated carbocycles. The van der Waals surface area contributed by atoms with Crippen LogP contribution >= 0.6 is 12.6 Å². The van der Waals surface area contributed by atoms with Crippen molar-refractivity contribution in [1.82, 2.24) is 0 Å². The van der Waals surface area contributed by atoms with Gasteiger partial charge in [-0.15, -0.1) is 0 Å². The van der Waals surface area contributed by atoms with Gasteiger partial charge in [0.2, 0.25) is 0 Å². The number of nitrogens with zero attached hydrogens (tertiary/aromatic N) is 1. The molecule has 0 heterocycles. The maximum atomic E-state index is 10.6. The van der Waals surface area contributed by atoms with E-state index in [2.05, 4.69) is 12.6 Å². The van der Waals surface area contributed by atoms with Gasteiger partial charge >= 0.3 is 0 Å². The molecule has 0 saturated heterocycles. The van der Waals surface area contributed by atoms with Gasteiger partial charge in [0.15, 0.2) is 0 Å². The molecule has 2 aromatic rings. The van der Waals surface area contributed by atoms with Crippen LogP contribution < -0.4 is 4.74 Å². The lowest BCUT2D eigenvalue weighted by atomic mass is 10.0. The van der Waals surface area contributed by atoms with E-state index in [0.717, 1.165) is 0 Å². The predicted octanol–water partition coefficient (Wildman–Crippen LogP) is 3.69. The van der Waals surface area contributed by atoms with Gasteiger partial charge in [-0.1, -0.05) is 30.3 Å². The van der Waals surface area contributed by atoms with Crippen molar-refractivity contribution < 1.29 is 9.66 Å². The molecule has 0 amide bonds. The van der Waals surface area contributed by atoms with Crippen molar-refractivity contribution in [3.8, 4) is 5.75 Å². The molecule has 0 aromatic heterocycles. The lowest BCUT2D eigenvalue weighted by Gasteiger charge is -2.15. The molecule has 0 spiro atoms. The van der Waals surface area contributed by atoms with Crippen molar-refractivity contribution in [3.63, 3.8) is 0 Å². The van der Waals surface area contributed by atoms with Crippen molar-refractivity contribution in [2.24, 2.45) is 0 Å². The van der Waals surface area contributed by atoms with Crippen LogP contribution in [0.1, 0.15) is 11.5 Å². The number of rotatable bonds is 6. The Morgan fingerprint density at radius 3 is 2.30 bits per heavy atom. The molecule has 0 fully saturated rings. The standard InChI is InChI=1S/C15H15NO3S/c17-16(18)14-6-8-15(9-7-14)19-10-13(11-20)12-4-2-1-3-5-12/h1-9,13,20H,10-11H2. The number of hydrogen-bond acceptors (Lipinski definition) is 4. The molecule has 1 atom stereocenters. The summed E-state index contributed by atoms with van der Waals surface area (Å²) in [6, 6.07) is 16.1. The van der Waals surface area contributed by atoms with Crippen LogP contribution in [-0.2, 0) is 0 Å². The number of thiol groups is 1. The molecule has 2 rings (SSSR count). The van der Waals surface area contributed by atoms with E-state index in [1.807, 2.05) is 30.3 Å². The smallest absolute Gasteiger partial charge is 0.269 e. The van der Waals surface area contributed by atoms with E-state index in [9.17, 15) is 10.1 Å². The van der Waals surface area contributed by atoms with E-state index >= 15 is 0 Å². The Labute approximate surface area is 123 Å². The fraction of sp³-hybridized carbons (Fsp3) is 0.200. The van der Waals surface area contributed by atoms with Gasteiger partial charge < -0.3 is 4.74 Å². The Hall–Kier alpha value is -2.01. The molecule has 104 valence electrons. The van der Waals surface area contributed by atoms with E-state index in [1.165, 1.54) is 17.7 Å². The molecule has 0 bridgehead atoms. The van der Waals surface area contributed by atoms with E-state index in [0.29, 0.717) is 18.1 Å². The first-order valence-electron chi connectivity index (χ1n) is 6.24. The van der Waals surface area contributed by atoms with Gasteiger partial charge in [0.1, 0.15) is 5.75 Å². The summed E-state index contributed by atoms with van der Waals surface area (Å²) in [6.07, 6.45) is 0. The highest BCUT2D eigenvalue weighted by Gasteiger charge is 2.11. The molecule has 20 heavy (non-hydrogen) atoms. The summed E-state index contributed by atoms with van der Waals surface area (Å²) in [5.74, 6) is 1.49. The second-order valence-corrected chi connectivity index (χ2v) is 4.72. The van der Waals surface area contributed by atoms with Crippen LogP contribution in [0.3, 0.4) is 0 Å². The third-order valence-electron chi connectivity index (χ3n) is 2.99. The fourth-order valence-electron chi connectivity index (χ4n) is 1.84. The van der Waals surface area contributed by atoms with E-state index < -0.39 is 4.92 Å². The van der Waals surface area contributed by atoms with Crippen molar-refractivity contribution in [3.05, 3.63) is 70.3 Å². The van der Waals surface area contributed by atoms with Crippen molar-refractivity contribution in [2.75, 3.05) is 12.4 Å². The normalized spacial score (nSPS) is 11.8. The second kappa shape index (κ2) is 6.96. The molecule has 0 radical (unpaired) electrons. The highest BCUT2D eigenvalue weighted by Crippen LogP contribution is 2.21. The highest BCUT2D eigenvalue weighted by atomic mass is 32.1. The molecule has 0 aliphatic rings. The Balaban J connectivity index is 1.98. The van der Waals surface area contributed by atoms with Gasteiger partial charge in [-0.05, 0) is 17.7 Å². The first-order chi connectivity index (χ1) is 9.70. The van der Waals surface area contributed by atoms with E-state index in [4.69, 9.17) is 4.74 Å². The summed E-state index contributed by atoms with van der Waals surface area (Å²) in [4.78, 5) is 10.1. The third-order valence-corrected chi connectivity index (χ3v) is 3.43. The van der Waals surface area contributed by atoms with Crippen molar-refractivity contribution in [2.45, 2.75) is 5.92 Å². The molecule has 0 aliphatic heterocycles. The summed E-state index contributed by atoms with van der Waals surface area (Å²) < 4.78 is 5.68. The maximum absolute atomic E-state index is 10.6. The minimum atomic E-state index is -0.426. The van der Waals surface area contributed by atoms with Crippen LogP contribution in [0, 0.1) is 10.1 Å². The van der Waals surface area contributed by atoms with Gasteiger partial charge in [0.05, 0.1) is 11.5 Å². The van der Waals surface area contributed by atoms with Crippen LogP contribution in [-0.4, -0.2) is 17.3 Å². The SMILES string of the molecule is O=[N+]([O-])c1ccc(OCC(CS)c2ccccc2)cc1. The van der Waals surface area contributed by atoms with Gasteiger partial charge in [-0.25, -0.2) is 0 Å². The average Bonchev–Trinajstić information content (AvgIpc) is 2.49. The molecule has 4 nitrogen and oxygen atoms in total. The van der Waals surface area contributed by atoms with E-state index in [-0.39, 0.29) is 11.6 Å².